The Balaban J connectivity index is 2.59. The van der Waals surface area contributed by atoms with Crippen LogP contribution in [0, 0.1) is 0 Å². The fourth-order valence-electron chi connectivity index (χ4n) is 0.925. The van der Waals surface area contributed by atoms with Crippen molar-refractivity contribution in [2.45, 2.75) is 0 Å². The lowest BCUT2D eigenvalue weighted by Crippen LogP contribution is -2.44. The summed E-state index contributed by atoms with van der Waals surface area (Å²) in [7, 11) is -2.65. The zero-order valence-corrected chi connectivity index (χ0v) is 10.6. The molecule has 0 atom stereocenters. The number of amides is 4. The summed E-state index contributed by atoms with van der Waals surface area (Å²) in [6.07, 6.45) is 3.75. The van der Waals surface area contributed by atoms with E-state index in [1.165, 1.54) is 12.4 Å². The number of nitrogens with one attached hydrogen (secondary N) is 2. The van der Waals surface area contributed by atoms with Crippen molar-refractivity contribution in [1.29, 1.82) is 0 Å². The van der Waals surface area contributed by atoms with Crippen LogP contribution >= 0.6 is 0 Å². The van der Waals surface area contributed by atoms with Crippen LogP contribution in [0.4, 0.5) is 15.3 Å². The third-order valence-corrected chi connectivity index (χ3v) is 3.08. The standard InChI is InChI=1S/C9H12N4O4S/c1-13(18(2,16)17)9(15)12-8(14)11-7-4-3-5-10-6-7/h3-6H,1-2H3,(H2,11,12,14,15). The van der Waals surface area contributed by atoms with E-state index in [1.807, 2.05) is 5.32 Å². The van der Waals surface area contributed by atoms with Gasteiger partial charge < -0.3 is 5.32 Å². The Morgan fingerprint density at radius 3 is 2.56 bits per heavy atom. The van der Waals surface area contributed by atoms with Gasteiger partial charge in [-0.3, -0.25) is 10.3 Å². The van der Waals surface area contributed by atoms with Gasteiger partial charge >= 0.3 is 12.1 Å². The number of aromatic nitrogens is 1. The van der Waals surface area contributed by atoms with E-state index in [0.717, 1.165) is 13.3 Å². The monoisotopic (exact) mass is 272 g/mol. The third-order valence-electron chi connectivity index (χ3n) is 1.92. The third kappa shape index (κ3) is 4.01. The number of pyridine rings is 1. The lowest BCUT2D eigenvalue weighted by molar-refractivity contribution is 0.223. The predicted octanol–water partition coefficient (Wildman–Crippen LogP) is 0.215. The number of anilines is 1. The second kappa shape index (κ2) is 5.45. The summed E-state index contributed by atoms with van der Waals surface area (Å²) in [6, 6.07) is 1.28. The molecule has 0 fully saturated rings. The summed E-state index contributed by atoms with van der Waals surface area (Å²) >= 11 is 0. The molecular weight excluding hydrogens is 260 g/mol. The van der Waals surface area contributed by atoms with Crippen molar-refractivity contribution in [3.05, 3.63) is 24.5 Å². The minimum absolute atomic E-state index is 0.379. The lowest BCUT2D eigenvalue weighted by Gasteiger charge is -2.14. The molecule has 1 aromatic rings. The molecule has 0 aliphatic carbocycles. The zero-order chi connectivity index (χ0) is 13.8. The number of nitrogens with zero attached hydrogens (tertiary/aromatic N) is 2. The smallest absolute Gasteiger partial charge is 0.306 e. The van der Waals surface area contributed by atoms with Crippen LogP contribution < -0.4 is 10.6 Å². The van der Waals surface area contributed by atoms with Gasteiger partial charge in [-0.1, -0.05) is 0 Å². The molecule has 0 aliphatic rings. The van der Waals surface area contributed by atoms with Crippen molar-refractivity contribution in [2.24, 2.45) is 0 Å². The van der Waals surface area contributed by atoms with Crippen molar-refractivity contribution in [2.75, 3.05) is 18.6 Å². The SMILES string of the molecule is CN(C(=O)NC(=O)Nc1cccnc1)S(C)(=O)=O. The molecule has 0 spiro atoms. The predicted molar refractivity (Wildman–Crippen MR) is 64.4 cm³/mol. The molecule has 0 aromatic carbocycles. The van der Waals surface area contributed by atoms with E-state index in [1.54, 1.807) is 12.1 Å². The molecule has 0 radical (unpaired) electrons. The molecule has 8 nitrogen and oxygen atoms in total. The molecule has 1 rings (SSSR count). The highest BCUT2D eigenvalue weighted by molar-refractivity contribution is 7.88. The van der Waals surface area contributed by atoms with Gasteiger partial charge in [-0.25, -0.2) is 22.3 Å². The second-order valence-corrected chi connectivity index (χ2v) is 5.37. The summed E-state index contributed by atoms with van der Waals surface area (Å²) < 4.78 is 22.5. The van der Waals surface area contributed by atoms with E-state index in [0.29, 0.717) is 9.99 Å². The highest BCUT2D eigenvalue weighted by Crippen LogP contribution is 2.02. The van der Waals surface area contributed by atoms with Crippen molar-refractivity contribution < 1.29 is 18.0 Å². The molecule has 0 aliphatic heterocycles. The van der Waals surface area contributed by atoms with Crippen LogP contribution in [0.25, 0.3) is 0 Å². The Hall–Kier alpha value is -2.16. The first kappa shape index (κ1) is 13.9. The van der Waals surface area contributed by atoms with Crippen molar-refractivity contribution in [1.82, 2.24) is 14.6 Å². The minimum Gasteiger partial charge on any atom is -0.306 e. The van der Waals surface area contributed by atoms with E-state index < -0.39 is 22.1 Å². The van der Waals surface area contributed by atoms with Gasteiger partial charge in [0.1, 0.15) is 0 Å². The largest absolute Gasteiger partial charge is 0.338 e. The quantitative estimate of drug-likeness (QED) is 0.800. The fraction of sp³-hybridized carbons (Fsp3) is 0.222. The summed E-state index contributed by atoms with van der Waals surface area (Å²) in [6.45, 7) is 0. The number of carbonyl (C=O) groups is 2. The average molecular weight is 272 g/mol. The summed E-state index contributed by atoms with van der Waals surface area (Å²) in [5, 5.41) is 4.19. The Bertz CT molecular complexity index is 543. The van der Waals surface area contributed by atoms with Crippen molar-refractivity contribution >= 4 is 27.8 Å². The lowest BCUT2D eigenvalue weighted by atomic mass is 10.4. The summed E-state index contributed by atoms with van der Waals surface area (Å²) in [4.78, 5) is 26.5. The maximum Gasteiger partial charge on any atom is 0.338 e. The number of sulfonamides is 1. The molecule has 1 heterocycles. The van der Waals surface area contributed by atoms with Gasteiger partial charge in [-0.05, 0) is 12.1 Å². The van der Waals surface area contributed by atoms with Gasteiger partial charge in [0.05, 0.1) is 18.1 Å². The number of rotatable bonds is 2. The average Bonchev–Trinajstić information content (AvgIpc) is 2.27. The van der Waals surface area contributed by atoms with Crippen LogP contribution in [0.5, 0.6) is 0 Å². The van der Waals surface area contributed by atoms with Gasteiger partial charge in [0.15, 0.2) is 0 Å². The number of hydrogen-bond acceptors (Lipinski definition) is 5. The molecule has 2 N–H and O–H groups in total. The number of imide groups is 1. The second-order valence-electron chi connectivity index (χ2n) is 3.36. The fourth-order valence-corrected chi connectivity index (χ4v) is 1.27. The Kier molecular flexibility index (Phi) is 4.21. The highest BCUT2D eigenvalue weighted by Gasteiger charge is 2.20. The number of urea groups is 2. The van der Waals surface area contributed by atoms with Gasteiger partial charge in [-0.2, -0.15) is 0 Å². The molecule has 0 bridgehead atoms. The highest BCUT2D eigenvalue weighted by atomic mass is 32.2. The van der Waals surface area contributed by atoms with Gasteiger partial charge in [0.25, 0.3) is 0 Å². The minimum atomic E-state index is -3.69. The molecular formula is C9H12N4O4S. The van der Waals surface area contributed by atoms with Crippen LogP contribution in [-0.4, -0.2) is 43.1 Å². The summed E-state index contributed by atoms with van der Waals surface area (Å²) in [5.41, 5.74) is 0.379. The molecule has 1 aromatic heterocycles. The Morgan fingerprint density at radius 1 is 1.39 bits per heavy atom. The van der Waals surface area contributed by atoms with E-state index in [4.69, 9.17) is 0 Å². The molecule has 0 unspecified atom stereocenters. The molecule has 0 saturated carbocycles. The van der Waals surface area contributed by atoms with Crippen LogP contribution in [0.3, 0.4) is 0 Å². The molecule has 0 saturated heterocycles. The van der Waals surface area contributed by atoms with E-state index in [9.17, 15) is 18.0 Å². The summed E-state index contributed by atoms with van der Waals surface area (Å²) in [5.74, 6) is 0. The van der Waals surface area contributed by atoms with Crippen molar-refractivity contribution in [3.63, 3.8) is 0 Å². The van der Waals surface area contributed by atoms with Crippen LogP contribution in [0.15, 0.2) is 24.5 Å². The first-order valence-electron chi connectivity index (χ1n) is 4.76. The molecule has 98 valence electrons. The number of carbonyl (C=O) groups excluding carboxylic acids is 2. The van der Waals surface area contributed by atoms with Crippen molar-refractivity contribution in [3.8, 4) is 0 Å². The van der Waals surface area contributed by atoms with Crippen LogP contribution in [0.1, 0.15) is 0 Å². The van der Waals surface area contributed by atoms with Gasteiger partial charge in [-0.15, -0.1) is 0 Å². The topological polar surface area (TPSA) is 108 Å². The molecule has 9 heteroatoms. The molecule has 18 heavy (non-hydrogen) atoms. The van der Waals surface area contributed by atoms with E-state index in [2.05, 4.69) is 10.3 Å². The maximum atomic E-state index is 11.4. The first-order valence-corrected chi connectivity index (χ1v) is 6.61. The van der Waals surface area contributed by atoms with Crippen LogP contribution in [0.2, 0.25) is 0 Å². The van der Waals surface area contributed by atoms with E-state index >= 15 is 0 Å². The number of hydrogen-bond donors (Lipinski definition) is 2. The zero-order valence-electron chi connectivity index (χ0n) is 9.75. The molecule has 4 amide bonds. The maximum absolute atomic E-state index is 11.4. The van der Waals surface area contributed by atoms with Crippen LogP contribution in [-0.2, 0) is 10.0 Å². The normalized spacial score (nSPS) is 10.6. The Labute approximate surface area is 104 Å². The van der Waals surface area contributed by atoms with E-state index in [-0.39, 0.29) is 0 Å². The Morgan fingerprint density at radius 2 is 2.06 bits per heavy atom. The first-order chi connectivity index (χ1) is 8.30. The van der Waals surface area contributed by atoms with Gasteiger partial charge in [0.2, 0.25) is 10.0 Å². The van der Waals surface area contributed by atoms with Gasteiger partial charge in [0, 0.05) is 13.2 Å².